The number of nitrogens with zero attached hydrogens (tertiary/aromatic N) is 3. The minimum Gasteiger partial charge on any atom is -0.378 e. The van der Waals surface area contributed by atoms with Crippen LogP contribution in [-0.4, -0.2) is 47.1 Å². The van der Waals surface area contributed by atoms with Crippen LogP contribution in [0.15, 0.2) is 24.5 Å². The Kier molecular flexibility index (Phi) is 4.26. The largest absolute Gasteiger partial charge is 0.378 e. The Hall–Kier alpha value is -1.79. The number of thiazole rings is 1. The van der Waals surface area contributed by atoms with Crippen molar-refractivity contribution in [3.8, 4) is 10.6 Å². The molecule has 0 radical (unpaired) electrons. The average molecular weight is 303 g/mol. The lowest BCUT2D eigenvalue weighted by Crippen LogP contribution is -2.41. The van der Waals surface area contributed by atoms with E-state index in [1.807, 2.05) is 24.0 Å². The molecule has 0 unspecified atom stereocenters. The molecule has 0 aliphatic carbocycles. The van der Waals surface area contributed by atoms with Crippen molar-refractivity contribution in [1.82, 2.24) is 14.9 Å². The van der Waals surface area contributed by atoms with Crippen LogP contribution in [0.25, 0.3) is 10.6 Å². The smallest absolute Gasteiger partial charge is 0.228 e. The highest BCUT2D eigenvalue weighted by atomic mass is 32.1. The lowest BCUT2D eigenvalue weighted by Gasteiger charge is -2.26. The van der Waals surface area contributed by atoms with Gasteiger partial charge in [-0.05, 0) is 19.1 Å². The normalized spacial score (nSPS) is 15.2. The zero-order valence-electron chi connectivity index (χ0n) is 11.9. The van der Waals surface area contributed by atoms with Gasteiger partial charge in [-0.1, -0.05) is 0 Å². The first-order valence-corrected chi connectivity index (χ1v) is 7.78. The van der Waals surface area contributed by atoms with Gasteiger partial charge in [-0.3, -0.25) is 9.78 Å². The molecular formula is C15H17N3O2S. The first-order chi connectivity index (χ1) is 10.2. The fourth-order valence-electron chi connectivity index (χ4n) is 2.27. The van der Waals surface area contributed by atoms with Crippen LogP contribution in [-0.2, 0) is 16.0 Å². The molecule has 0 atom stereocenters. The third-order valence-electron chi connectivity index (χ3n) is 3.48. The quantitative estimate of drug-likeness (QED) is 0.869. The van der Waals surface area contributed by atoms with Crippen LogP contribution in [0.4, 0.5) is 0 Å². The van der Waals surface area contributed by atoms with E-state index in [2.05, 4.69) is 9.97 Å². The van der Waals surface area contributed by atoms with Crippen LogP contribution in [0.1, 0.15) is 10.6 Å². The predicted octanol–water partition coefficient (Wildman–Crippen LogP) is 1.91. The third kappa shape index (κ3) is 3.28. The molecule has 0 N–H and O–H groups in total. The SMILES string of the molecule is Cc1nc(-c2cccnc2)sc1CC(=O)N1CCOCC1. The van der Waals surface area contributed by atoms with Gasteiger partial charge in [-0.25, -0.2) is 4.98 Å². The van der Waals surface area contributed by atoms with Crippen molar-refractivity contribution in [2.45, 2.75) is 13.3 Å². The van der Waals surface area contributed by atoms with Gasteiger partial charge >= 0.3 is 0 Å². The van der Waals surface area contributed by atoms with Crippen LogP contribution >= 0.6 is 11.3 Å². The molecule has 1 saturated heterocycles. The fraction of sp³-hybridized carbons (Fsp3) is 0.400. The van der Waals surface area contributed by atoms with Crippen LogP contribution in [0.2, 0.25) is 0 Å². The Bertz CT molecular complexity index is 621. The van der Waals surface area contributed by atoms with Crippen molar-refractivity contribution < 1.29 is 9.53 Å². The minimum atomic E-state index is 0.155. The summed E-state index contributed by atoms with van der Waals surface area (Å²) in [4.78, 5) is 23.9. The molecule has 21 heavy (non-hydrogen) atoms. The number of morpholine rings is 1. The van der Waals surface area contributed by atoms with Gasteiger partial charge in [0.15, 0.2) is 0 Å². The maximum atomic E-state index is 12.3. The molecule has 0 aromatic carbocycles. The summed E-state index contributed by atoms with van der Waals surface area (Å²) in [7, 11) is 0. The summed E-state index contributed by atoms with van der Waals surface area (Å²) >= 11 is 1.58. The van der Waals surface area contributed by atoms with Crippen molar-refractivity contribution in [3.05, 3.63) is 35.1 Å². The van der Waals surface area contributed by atoms with Crippen LogP contribution in [0, 0.1) is 6.92 Å². The number of aromatic nitrogens is 2. The molecule has 110 valence electrons. The Morgan fingerprint density at radius 3 is 2.95 bits per heavy atom. The van der Waals surface area contributed by atoms with E-state index < -0.39 is 0 Å². The van der Waals surface area contributed by atoms with E-state index in [1.54, 1.807) is 23.7 Å². The third-order valence-corrected chi connectivity index (χ3v) is 4.68. The second-order valence-corrected chi connectivity index (χ2v) is 6.02. The van der Waals surface area contributed by atoms with Crippen LogP contribution in [0.3, 0.4) is 0 Å². The second-order valence-electron chi connectivity index (χ2n) is 4.94. The summed E-state index contributed by atoms with van der Waals surface area (Å²) in [5.41, 5.74) is 1.93. The zero-order valence-corrected chi connectivity index (χ0v) is 12.7. The summed E-state index contributed by atoms with van der Waals surface area (Å²) in [5.74, 6) is 0.155. The molecule has 2 aromatic rings. The lowest BCUT2D eigenvalue weighted by atomic mass is 10.2. The van der Waals surface area contributed by atoms with Gasteiger partial charge in [0.25, 0.3) is 0 Å². The number of aryl methyl sites for hydroxylation is 1. The number of pyridine rings is 1. The number of hydrogen-bond donors (Lipinski definition) is 0. The molecule has 0 spiro atoms. The van der Waals surface area contributed by atoms with E-state index in [0.717, 1.165) is 21.1 Å². The summed E-state index contributed by atoms with van der Waals surface area (Å²) in [6, 6.07) is 3.88. The number of carbonyl (C=O) groups is 1. The molecule has 1 aliphatic rings. The van der Waals surface area contributed by atoms with Gasteiger partial charge in [0, 0.05) is 35.9 Å². The van der Waals surface area contributed by atoms with Crippen molar-refractivity contribution in [2.75, 3.05) is 26.3 Å². The fourth-order valence-corrected chi connectivity index (χ4v) is 3.31. The Morgan fingerprint density at radius 1 is 1.43 bits per heavy atom. The minimum absolute atomic E-state index is 0.155. The van der Waals surface area contributed by atoms with Crippen LogP contribution in [0.5, 0.6) is 0 Å². The summed E-state index contributed by atoms with van der Waals surface area (Å²) in [6.45, 7) is 4.60. The molecule has 3 heterocycles. The van der Waals surface area contributed by atoms with Crippen molar-refractivity contribution in [1.29, 1.82) is 0 Å². The first-order valence-electron chi connectivity index (χ1n) is 6.96. The maximum Gasteiger partial charge on any atom is 0.228 e. The molecule has 3 rings (SSSR count). The van der Waals surface area contributed by atoms with E-state index >= 15 is 0 Å². The molecule has 1 amide bonds. The van der Waals surface area contributed by atoms with Gasteiger partial charge in [-0.2, -0.15) is 0 Å². The second kappa shape index (κ2) is 6.32. The first kappa shape index (κ1) is 14.2. The number of carbonyl (C=O) groups excluding carboxylic acids is 1. The number of ether oxygens (including phenoxy) is 1. The van der Waals surface area contributed by atoms with Gasteiger partial charge < -0.3 is 9.64 Å². The summed E-state index contributed by atoms with van der Waals surface area (Å²) in [5, 5.41) is 0.922. The Balaban J connectivity index is 1.74. The lowest BCUT2D eigenvalue weighted by molar-refractivity contribution is -0.134. The van der Waals surface area contributed by atoms with Gasteiger partial charge in [0.2, 0.25) is 5.91 Å². The molecule has 1 fully saturated rings. The Morgan fingerprint density at radius 2 is 2.24 bits per heavy atom. The van der Waals surface area contributed by atoms with E-state index in [0.29, 0.717) is 32.7 Å². The van der Waals surface area contributed by atoms with E-state index in [1.165, 1.54) is 0 Å². The summed E-state index contributed by atoms with van der Waals surface area (Å²) < 4.78 is 5.28. The predicted molar refractivity (Wildman–Crippen MR) is 81.2 cm³/mol. The molecule has 5 nitrogen and oxygen atoms in total. The molecule has 1 aliphatic heterocycles. The highest BCUT2D eigenvalue weighted by molar-refractivity contribution is 7.15. The number of amides is 1. The van der Waals surface area contributed by atoms with Crippen molar-refractivity contribution >= 4 is 17.2 Å². The van der Waals surface area contributed by atoms with E-state index in [4.69, 9.17) is 4.74 Å². The van der Waals surface area contributed by atoms with Crippen molar-refractivity contribution in [2.24, 2.45) is 0 Å². The van der Waals surface area contributed by atoms with E-state index in [-0.39, 0.29) is 5.91 Å². The highest BCUT2D eigenvalue weighted by Crippen LogP contribution is 2.27. The number of rotatable bonds is 3. The standard InChI is InChI=1S/C15H17N3O2S/c1-11-13(9-14(19)18-5-7-20-8-6-18)21-15(17-11)12-3-2-4-16-10-12/h2-4,10H,5-9H2,1H3. The molecule has 0 saturated carbocycles. The van der Waals surface area contributed by atoms with Gasteiger partial charge in [-0.15, -0.1) is 11.3 Å². The zero-order chi connectivity index (χ0) is 14.7. The highest BCUT2D eigenvalue weighted by Gasteiger charge is 2.19. The molecular weight excluding hydrogens is 286 g/mol. The molecule has 2 aromatic heterocycles. The topological polar surface area (TPSA) is 55.3 Å². The molecule has 6 heteroatoms. The van der Waals surface area contributed by atoms with Crippen LogP contribution < -0.4 is 0 Å². The maximum absolute atomic E-state index is 12.3. The monoisotopic (exact) mass is 303 g/mol. The van der Waals surface area contributed by atoms with Crippen molar-refractivity contribution in [3.63, 3.8) is 0 Å². The van der Waals surface area contributed by atoms with Gasteiger partial charge in [0.05, 0.1) is 25.3 Å². The Labute approximate surface area is 127 Å². The van der Waals surface area contributed by atoms with Gasteiger partial charge in [0.1, 0.15) is 5.01 Å². The van der Waals surface area contributed by atoms with E-state index in [9.17, 15) is 4.79 Å². The number of hydrogen-bond acceptors (Lipinski definition) is 5. The summed E-state index contributed by atoms with van der Waals surface area (Å²) in [6.07, 6.45) is 3.96. The molecule has 0 bridgehead atoms. The average Bonchev–Trinajstić information content (AvgIpc) is 2.90.